The van der Waals surface area contributed by atoms with Crippen LogP contribution in [0.5, 0.6) is 0 Å². The fraction of sp³-hybridized carbons (Fsp3) is 0.533. The van der Waals surface area contributed by atoms with Crippen LogP contribution in [-0.4, -0.2) is 36.5 Å². The summed E-state index contributed by atoms with van der Waals surface area (Å²) in [6, 6.07) is 8.59. The first-order valence-corrected chi connectivity index (χ1v) is 8.03. The zero-order chi connectivity index (χ0) is 13.7. The van der Waals surface area contributed by atoms with Gasteiger partial charge in [-0.25, -0.2) is 0 Å². The second-order valence-corrected chi connectivity index (χ2v) is 6.29. The van der Waals surface area contributed by atoms with Crippen molar-refractivity contribution in [3.63, 3.8) is 0 Å². The molecule has 3 nitrogen and oxygen atoms in total. The molecule has 1 aliphatic rings. The van der Waals surface area contributed by atoms with E-state index in [0.29, 0.717) is 12.5 Å². The Morgan fingerprint density at radius 1 is 1.50 bits per heavy atom. The maximum Gasteiger partial charge on any atom is 0.227 e. The Labute approximate surface area is 141 Å². The van der Waals surface area contributed by atoms with Gasteiger partial charge in [-0.2, -0.15) is 0 Å². The Morgan fingerprint density at radius 2 is 2.30 bits per heavy atom. The lowest BCUT2D eigenvalue weighted by molar-refractivity contribution is -0.132. The molecule has 20 heavy (non-hydrogen) atoms. The molecule has 1 aromatic carbocycles. The number of carbonyl (C=O) groups excluding carboxylic acids is 1. The van der Waals surface area contributed by atoms with Crippen LogP contribution in [0.15, 0.2) is 24.3 Å². The van der Waals surface area contributed by atoms with Crippen LogP contribution in [0, 0.1) is 3.57 Å². The third kappa shape index (κ3) is 4.90. The van der Waals surface area contributed by atoms with Gasteiger partial charge in [-0.3, -0.25) is 4.79 Å². The number of carbonyl (C=O) groups is 1. The van der Waals surface area contributed by atoms with Gasteiger partial charge in [-0.15, -0.1) is 12.4 Å². The molecule has 0 saturated carbocycles. The molecule has 1 amide bonds. The Bertz CT molecular complexity index is 436. The number of rotatable bonds is 5. The lowest BCUT2D eigenvalue weighted by Gasteiger charge is -2.28. The standard InChI is InChI=1S/C15H21IN2O.ClH/c1-2-8-18(14-6-7-17-11-14)15(19)10-12-4-3-5-13(16)9-12;/h3-5,9,14,17H,2,6-8,10-11H2,1H3;1H. The quantitative estimate of drug-likeness (QED) is 0.760. The summed E-state index contributed by atoms with van der Waals surface area (Å²) in [5.41, 5.74) is 1.11. The van der Waals surface area contributed by atoms with Crippen molar-refractivity contribution in [1.82, 2.24) is 10.2 Å². The van der Waals surface area contributed by atoms with Gasteiger partial charge in [-0.1, -0.05) is 19.1 Å². The summed E-state index contributed by atoms with van der Waals surface area (Å²) in [6.45, 7) is 4.97. The summed E-state index contributed by atoms with van der Waals surface area (Å²) >= 11 is 2.29. The zero-order valence-electron chi connectivity index (χ0n) is 11.8. The zero-order valence-corrected chi connectivity index (χ0v) is 14.7. The van der Waals surface area contributed by atoms with Gasteiger partial charge < -0.3 is 10.2 Å². The minimum Gasteiger partial charge on any atom is -0.338 e. The first-order chi connectivity index (χ1) is 9.20. The highest BCUT2D eigenvalue weighted by atomic mass is 127. The molecule has 1 unspecified atom stereocenters. The molecule has 1 heterocycles. The van der Waals surface area contributed by atoms with Gasteiger partial charge in [0.05, 0.1) is 6.42 Å². The van der Waals surface area contributed by atoms with Crippen LogP contribution in [-0.2, 0) is 11.2 Å². The van der Waals surface area contributed by atoms with Gasteiger partial charge in [-0.05, 0) is 59.7 Å². The van der Waals surface area contributed by atoms with Gasteiger partial charge in [0.25, 0.3) is 0 Å². The van der Waals surface area contributed by atoms with Crippen LogP contribution in [0.1, 0.15) is 25.3 Å². The van der Waals surface area contributed by atoms with Crippen molar-refractivity contribution >= 4 is 40.9 Å². The molecule has 0 aromatic heterocycles. The summed E-state index contributed by atoms with van der Waals surface area (Å²) in [7, 11) is 0. The fourth-order valence-corrected chi connectivity index (χ4v) is 3.19. The van der Waals surface area contributed by atoms with Crippen molar-refractivity contribution in [3.8, 4) is 0 Å². The highest BCUT2D eigenvalue weighted by Gasteiger charge is 2.25. The molecule has 112 valence electrons. The average Bonchev–Trinajstić information content (AvgIpc) is 2.89. The van der Waals surface area contributed by atoms with Crippen molar-refractivity contribution in [2.45, 2.75) is 32.2 Å². The molecule has 0 aliphatic carbocycles. The Kier molecular flexibility index (Phi) is 7.84. The van der Waals surface area contributed by atoms with Crippen molar-refractivity contribution in [2.75, 3.05) is 19.6 Å². The van der Waals surface area contributed by atoms with E-state index >= 15 is 0 Å². The Morgan fingerprint density at radius 3 is 2.90 bits per heavy atom. The molecule has 1 fully saturated rings. The smallest absolute Gasteiger partial charge is 0.227 e. The normalized spacial score (nSPS) is 17.6. The van der Waals surface area contributed by atoms with E-state index in [4.69, 9.17) is 0 Å². The highest BCUT2D eigenvalue weighted by molar-refractivity contribution is 14.1. The van der Waals surface area contributed by atoms with Gasteiger partial charge in [0.2, 0.25) is 5.91 Å². The van der Waals surface area contributed by atoms with E-state index in [1.807, 2.05) is 12.1 Å². The van der Waals surface area contributed by atoms with Gasteiger partial charge in [0.15, 0.2) is 0 Å². The van der Waals surface area contributed by atoms with E-state index in [-0.39, 0.29) is 18.3 Å². The molecule has 2 rings (SSSR count). The van der Waals surface area contributed by atoms with E-state index in [1.54, 1.807) is 0 Å². The van der Waals surface area contributed by atoms with Gasteiger partial charge in [0, 0.05) is 22.7 Å². The van der Waals surface area contributed by atoms with Crippen LogP contribution in [0.25, 0.3) is 0 Å². The third-order valence-electron chi connectivity index (χ3n) is 3.50. The SMILES string of the molecule is CCCN(C(=O)Cc1cccc(I)c1)C1CCNC1.Cl. The third-order valence-corrected chi connectivity index (χ3v) is 4.18. The lowest BCUT2D eigenvalue weighted by Crippen LogP contribution is -2.42. The second kappa shape index (κ2) is 8.85. The Hall–Kier alpha value is -0.330. The number of amides is 1. The molecule has 0 radical (unpaired) electrons. The van der Waals surface area contributed by atoms with Gasteiger partial charge >= 0.3 is 0 Å². The average molecular weight is 409 g/mol. The van der Waals surface area contributed by atoms with Crippen LogP contribution < -0.4 is 5.32 Å². The molecule has 1 saturated heterocycles. The predicted molar refractivity (Wildman–Crippen MR) is 93.4 cm³/mol. The molecule has 5 heteroatoms. The minimum atomic E-state index is 0. The molecule has 1 N–H and O–H groups in total. The molecule has 0 spiro atoms. The topological polar surface area (TPSA) is 32.3 Å². The number of halogens is 2. The van der Waals surface area contributed by atoms with Crippen LogP contribution in [0.2, 0.25) is 0 Å². The van der Waals surface area contributed by atoms with E-state index in [0.717, 1.165) is 38.0 Å². The summed E-state index contributed by atoms with van der Waals surface area (Å²) in [5, 5.41) is 3.34. The van der Waals surface area contributed by atoms with Crippen molar-refractivity contribution in [3.05, 3.63) is 33.4 Å². The lowest BCUT2D eigenvalue weighted by atomic mass is 10.1. The van der Waals surface area contributed by atoms with E-state index in [2.05, 4.69) is 51.9 Å². The predicted octanol–water partition coefficient (Wildman–Crippen LogP) is 2.86. The monoisotopic (exact) mass is 408 g/mol. The minimum absolute atomic E-state index is 0. The van der Waals surface area contributed by atoms with Crippen molar-refractivity contribution < 1.29 is 4.79 Å². The molecule has 0 bridgehead atoms. The maximum atomic E-state index is 12.5. The maximum absolute atomic E-state index is 12.5. The first kappa shape index (κ1) is 17.7. The summed E-state index contributed by atoms with van der Waals surface area (Å²) in [6.07, 6.45) is 2.62. The number of hydrogen-bond donors (Lipinski definition) is 1. The highest BCUT2D eigenvalue weighted by Crippen LogP contribution is 2.14. The van der Waals surface area contributed by atoms with Crippen molar-refractivity contribution in [2.24, 2.45) is 0 Å². The number of benzene rings is 1. The molecular weight excluding hydrogens is 387 g/mol. The molecule has 1 aliphatic heterocycles. The van der Waals surface area contributed by atoms with Crippen LogP contribution >= 0.6 is 35.0 Å². The second-order valence-electron chi connectivity index (χ2n) is 5.04. The van der Waals surface area contributed by atoms with Crippen molar-refractivity contribution in [1.29, 1.82) is 0 Å². The van der Waals surface area contributed by atoms with E-state index in [9.17, 15) is 4.79 Å². The number of hydrogen-bond acceptors (Lipinski definition) is 2. The summed E-state index contributed by atoms with van der Waals surface area (Å²) in [5.74, 6) is 0.262. The summed E-state index contributed by atoms with van der Waals surface area (Å²) < 4.78 is 1.19. The molecular formula is C15H22ClIN2O. The molecule has 1 aromatic rings. The van der Waals surface area contributed by atoms with E-state index < -0.39 is 0 Å². The largest absolute Gasteiger partial charge is 0.338 e. The Balaban J connectivity index is 0.00000200. The molecule has 1 atom stereocenters. The number of nitrogens with one attached hydrogen (secondary N) is 1. The van der Waals surface area contributed by atoms with Crippen LogP contribution in [0.4, 0.5) is 0 Å². The van der Waals surface area contributed by atoms with E-state index in [1.165, 1.54) is 3.57 Å². The van der Waals surface area contributed by atoms with Crippen LogP contribution in [0.3, 0.4) is 0 Å². The van der Waals surface area contributed by atoms with Gasteiger partial charge in [0.1, 0.15) is 0 Å². The number of nitrogens with zero attached hydrogens (tertiary/aromatic N) is 1. The first-order valence-electron chi connectivity index (χ1n) is 6.95. The summed E-state index contributed by atoms with van der Waals surface area (Å²) in [4.78, 5) is 14.6. The fourth-order valence-electron chi connectivity index (χ4n) is 2.58.